The molecular formula is C12H17BrIN3. The summed E-state index contributed by atoms with van der Waals surface area (Å²) in [7, 11) is 2.06. The summed E-state index contributed by atoms with van der Waals surface area (Å²) in [5, 5.41) is 3.36. The molecule has 0 radical (unpaired) electrons. The standard InChI is InChI=1S/C12H16BrN3.HI/c1-9-4-3-5-10(11(9)13)8-15-12-14-6-7-16(12)2;/h3-5H,6-8H2,1-2H3,(H,14,15);1H. The molecule has 1 aromatic rings. The van der Waals surface area contributed by atoms with Crippen molar-refractivity contribution in [1.82, 2.24) is 10.2 Å². The third kappa shape index (κ3) is 3.58. The van der Waals surface area contributed by atoms with Crippen LogP contribution in [0.3, 0.4) is 0 Å². The van der Waals surface area contributed by atoms with Gasteiger partial charge in [-0.3, -0.25) is 4.99 Å². The van der Waals surface area contributed by atoms with E-state index in [1.807, 2.05) is 0 Å². The summed E-state index contributed by atoms with van der Waals surface area (Å²) >= 11 is 3.61. The SMILES string of the molecule is Cc1cccc(CNC2=NCCN2C)c1Br.I. The van der Waals surface area contributed by atoms with E-state index >= 15 is 0 Å². The third-order valence-electron chi connectivity index (χ3n) is 2.77. The van der Waals surface area contributed by atoms with Gasteiger partial charge in [0.05, 0.1) is 6.54 Å². The molecule has 0 unspecified atom stereocenters. The molecule has 0 amide bonds. The van der Waals surface area contributed by atoms with Crippen molar-refractivity contribution in [2.75, 3.05) is 20.1 Å². The summed E-state index contributed by atoms with van der Waals surface area (Å²) in [4.78, 5) is 6.54. The first-order valence-electron chi connectivity index (χ1n) is 5.42. The lowest BCUT2D eigenvalue weighted by atomic mass is 10.1. The van der Waals surface area contributed by atoms with Crippen LogP contribution in [0.4, 0.5) is 0 Å². The lowest BCUT2D eigenvalue weighted by Gasteiger charge is -2.16. The van der Waals surface area contributed by atoms with Crippen molar-refractivity contribution in [2.24, 2.45) is 4.99 Å². The number of hydrogen-bond acceptors (Lipinski definition) is 3. The molecule has 1 aromatic carbocycles. The highest BCUT2D eigenvalue weighted by atomic mass is 127. The summed E-state index contributed by atoms with van der Waals surface area (Å²) < 4.78 is 1.18. The fourth-order valence-corrected chi connectivity index (χ4v) is 2.15. The molecule has 0 atom stereocenters. The molecular weight excluding hydrogens is 393 g/mol. The molecule has 0 saturated carbocycles. The lowest BCUT2D eigenvalue weighted by molar-refractivity contribution is 0.534. The topological polar surface area (TPSA) is 27.6 Å². The minimum absolute atomic E-state index is 0. The molecule has 0 spiro atoms. The summed E-state index contributed by atoms with van der Waals surface area (Å²) in [6.45, 7) is 4.82. The molecule has 0 aliphatic carbocycles. The number of aliphatic imine (C=N–C) groups is 1. The van der Waals surface area contributed by atoms with Gasteiger partial charge in [0.25, 0.3) is 0 Å². The highest BCUT2D eigenvalue weighted by molar-refractivity contribution is 14.0. The Bertz CT molecular complexity index is 420. The first-order valence-corrected chi connectivity index (χ1v) is 6.21. The van der Waals surface area contributed by atoms with Crippen molar-refractivity contribution in [3.05, 3.63) is 33.8 Å². The van der Waals surface area contributed by atoms with Gasteiger partial charge in [0.15, 0.2) is 5.96 Å². The van der Waals surface area contributed by atoms with Gasteiger partial charge in [0.2, 0.25) is 0 Å². The average molecular weight is 410 g/mol. The Morgan fingerprint density at radius 2 is 2.24 bits per heavy atom. The van der Waals surface area contributed by atoms with E-state index in [1.54, 1.807) is 0 Å². The number of rotatable bonds is 2. The second-order valence-corrected chi connectivity index (χ2v) is 4.82. The Labute approximate surface area is 128 Å². The number of likely N-dealkylation sites (N-methyl/N-ethyl adjacent to an activating group) is 1. The van der Waals surface area contributed by atoms with Gasteiger partial charge in [0, 0.05) is 24.6 Å². The molecule has 1 aliphatic rings. The Kier molecular flexibility index (Phi) is 5.72. The van der Waals surface area contributed by atoms with Crippen molar-refractivity contribution >= 4 is 45.9 Å². The van der Waals surface area contributed by atoms with Crippen LogP contribution in [-0.2, 0) is 6.54 Å². The zero-order valence-corrected chi connectivity index (χ0v) is 14.0. The van der Waals surface area contributed by atoms with E-state index in [-0.39, 0.29) is 24.0 Å². The van der Waals surface area contributed by atoms with Gasteiger partial charge < -0.3 is 10.2 Å². The van der Waals surface area contributed by atoms with Crippen LogP contribution in [0.2, 0.25) is 0 Å². The molecule has 0 bridgehead atoms. The number of nitrogens with zero attached hydrogens (tertiary/aromatic N) is 2. The van der Waals surface area contributed by atoms with Crippen molar-refractivity contribution in [2.45, 2.75) is 13.5 Å². The maximum Gasteiger partial charge on any atom is 0.194 e. The number of halogens is 2. The van der Waals surface area contributed by atoms with E-state index < -0.39 is 0 Å². The fourth-order valence-electron chi connectivity index (χ4n) is 1.74. The first kappa shape index (κ1) is 14.8. The van der Waals surface area contributed by atoms with Crippen LogP contribution >= 0.6 is 39.9 Å². The van der Waals surface area contributed by atoms with Gasteiger partial charge in [-0.15, -0.1) is 24.0 Å². The van der Waals surface area contributed by atoms with Gasteiger partial charge in [-0.05, 0) is 18.1 Å². The van der Waals surface area contributed by atoms with E-state index in [0.717, 1.165) is 25.6 Å². The highest BCUT2D eigenvalue weighted by Crippen LogP contribution is 2.20. The number of hydrogen-bond donors (Lipinski definition) is 1. The van der Waals surface area contributed by atoms with Crippen LogP contribution in [0.5, 0.6) is 0 Å². The number of guanidine groups is 1. The van der Waals surface area contributed by atoms with Crippen LogP contribution < -0.4 is 5.32 Å². The first-order chi connectivity index (χ1) is 7.68. The minimum atomic E-state index is 0. The molecule has 94 valence electrons. The van der Waals surface area contributed by atoms with E-state index in [2.05, 4.69) is 63.3 Å². The van der Waals surface area contributed by atoms with Crippen LogP contribution in [0.1, 0.15) is 11.1 Å². The molecule has 0 aromatic heterocycles. The molecule has 0 saturated heterocycles. The zero-order valence-electron chi connectivity index (χ0n) is 10.0. The predicted molar refractivity (Wildman–Crippen MR) is 86.1 cm³/mol. The Morgan fingerprint density at radius 3 is 2.88 bits per heavy atom. The van der Waals surface area contributed by atoms with E-state index in [1.165, 1.54) is 15.6 Å². The van der Waals surface area contributed by atoms with Crippen LogP contribution in [0.15, 0.2) is 27.7 Å². The smallest absolute Gasteiger partial charge is 0.194 e. The summed E-state index contributed by atoms with van der Waals surface area (Å²) in [5.74, 6) is 0.994. The molecule has 1 heterocycles. The molecule has 2 rings (SSSR count). The lowest BCUT2D eigenvalue weighted by Crippen LogP contribution is -2.35. The van der Waals surface area contributed by atoms with Crippen molar-refractivity contribution in [1.29, 1.82) is 0 Å². The van der Waals surface area contributed by atoms with Crippen LogP contribution in [0.25, 0.3) is 0 Å². The van der Waals surface area contributed by atoms with Crippen molar-refractivity contribution in [3.8, 4) is 0 Å². The van der Waals surface area contributed by atoms with E-state index in [9.17, 15) is 0 Å². The van der Waals surface area contributed by atoms with Crippen LogP contribution in [-0.4, -0.2) is 31.0 Å². The zero-order chi connectivity index (χ0) is 11.5. The Balaban J connectivity index is 0.00000144. The monoisotopic (exact) mass is 409 g/mol. The van der Waals surface area contributed by atoms with Gasteiger partial charge in [-0.25, -0.2) is 0 Å². The quantitative estimate of drug-likeness (QED) is 0.760. The average Bonchev–Trinajstić information content (AvgIpc) is 2.67. The number of benzene rings is 1. The van der Waals surface area contributed by atoms with Gasteiger partial charge >= 0.3 is 0 Å². The molecule has 1 N–H and O–H groups in total. The summed E-state index contributed by atoms with van der Waals surface area (Å²) in [6, 6.07) is 6.31. The number of aryl methyl sites for hydroxylation is 1. The molecule has 17 heavy (non-hydrogen) atoms. The van der Waals surface area contributed by atoms with Crippen molar-refractivity contribution < 1.29 is 0 Å². The largest absolute Gasteiger partial charge is 0.352 e. The number of nitrogens with one attached hydrogen (secondary N) is 1. The van der Waals surface area contributed by atoms with Crippen molar-refractivity contribution in [3.63, 3.8) is 0 Å². The van der Waals surface area contributed by atoms with Gasteiger partial charge in [-0.2, -0.15) is 0 Å². The maximum atomic E-state index is 4.40. The highest BCUT2D eigenvalue weighted by Gasteiger charge is 2.12. The second-order valence-electron chi connectivity index (χ2n) is 4.03. The summed E-state index contributed by atoms with van der Waals surface area (Å²) in [5.41, 5.74) is 2.53. The predicted octanol–water partition coefficient (Wildman–Crippen LogP) is 2.77. The molecule has 5 heteroatoms. The fraction of sp³-hybridized carbons (Fsp3) is 0.417. The van der Waals surface area contributed by atoms with E-state index in [0.29, 0.717) is 0 Å². The summed E-state index contributed by atoms with van der Waals surface area (Å²) in [6.07, 6.45) is 0. The van der Waals surface area contributed by atoms with Crippen LogP contribution in [0, 0.1) is 6.92 Å². The Hall–Kier alpha value is -0.300. The molecule has 0 fully saturated rings. The second kappa shape index (κ2) is 6.58. The normalized spacial score (nSPS) is 14.3. The minimum Gasteiger partial charge on any atom is -0.352 e. The van der Waals surface area contributed by atoms with E-state index in [4.69, 9.17) is 0 Å². The maximum absolute atomic E-state index is 4.40. The molecule has 1 aliphatic heterocycles. The third-order valence-corrected chi connectivity index (χ3v) is 3.90. The van der Waals surface area contributed by atoms with Gasteiger partial charge in [-0.1, -0.05) is 34.1 Å². The Morgan fingerprint density at radius 1 is 1.47 bits per heavy atom. The molecule has 3 nitrogen and oxygen atoms in total. The van der Waals surface area contributed by atoms with Gasteiger partial charge in [0.1, 0.15) is 0 Å².